The van der Waals surface area contributed by atoms with Gasteiger partial charge in [-0.2, -0.15) is 0 Å². The van der Waals surface area contributed by atoms with Gasteiger partial charge in [0.2, 0.25) is 5.91 Å². The second kappa shape index (κ2) is 6.38. The molecule has 7 heteroatoms. The SMILES string of the molecule is C[C@@H](OC(=O)[C@H]1CS[C@@]2(C)CCC(=O)N12)C(=O)NC12CC3CC(CC(C3)C1)C2. The van der Waals surface area contributed by atoms with E-state index in [0.29, 0.717) is 12.2 Å². The molecule has 6 fully saturated rings. The lowest BCUT2D eigenvalue weighted by Crippen LogP contribution is -2.61. The van der Waals surface area contributed by atoms with Gasteiger partial charge in [0.15, 0.2) is 6.10 Å². The molecule has 0 unspecified atom stereocenters. The van der Waals surface area contributed by atoms with Crippen LogP contribution in [0.4, 0.5) is 0 Å². The Morgan fingerprint density at radius 3 is 2.39 bits per heavy atom. The van der Waals surface area contributed by atoms with Crippen molar-refractivity contribution in [1.82, 2.24) is 10.2 Å². The van der Waals surface area contributed by atoms with E-state index in [1.807, 2.05) is 6.92 Å². The van der Waals surface area contributed by atoms with Crippen molar-refractivity contribution in [3.05, 3.63) is 0 Å². The van der Waals surface area contributed by atoms with Gasteiger partial charge in [0.1, 0.15) is 6.04 Å². The molecule has 154 valence electrons. The van der Waals surface area contributed by atoms with Gasteiger partial charge < -0.3 is 15.0 Å². The maximum Gasteiger partial charge on any atom is 0.330 e. The molecule has 2 aliphatic heterocycles. The van der Waals surface area contributed by atoms with Gasteiger partial charge in [-0.15, -0.1) is 11.8 Å². The minimum absolute atomic E-state index is 0.0140. The molecule has 0 aromatic heterocycles. The predicted molar refractivity (Wildman–Crippen MR) is 105 cm³/mol. The first kappa shape index (κ1) is 18.8. The Bertz CT molecular complexity index is 690. The molecule has 2 amide bonds. The third-order valence-corrected chi connectivity index (χ3v) is 9.31. The lowest BCUT2D eigenvalue weighted by molar-refractivity contribution is -0.162. The molecule has 0 spiro atoms. The Morgan fingerprint density at radius 1 is 1.18 bits per heavy atom. The van der Waals surface area contributed by atoms with Crippen molar-refractivity contribution in [1.29, 1.82) is 0 Å². The second-order valence-electron chi connectivity index (χ2n) is 10.0. The Hall–Kier alpha value is -1.24. The molecule has 0 aromatic carbocycles. The third-order valence-electron chi connectivity index (χ3n) is 7.81. The van der Waals surface area contributed by atoms with E-state index in [4.69, 9.17) is 4.74 Å². The molecule has 0 aromatic rings. The average molecular weight is 407 g/mol. The minimum Gasteiger partial charge on any atom is -0.451 e. The molecule has 28 heavy (non-hydrogen) atoms. The zero-order chi connectivity index (χ0) is 19.7. The number of esters is 1. The van der Waals surface area contributed by atoms with Gasteiger partial charge in [0, 0.05) is 17.7 Å². The van der Waals surface area contributed by atoms with Gasteiger partial charge >= 0.3 is 5.97 Å². The standard InChI is InChI=1S/C21H30N2O4S/c1-12(27-19(26)16-11-28-20(2)4-3-17(24)23(16)20)18(25)22-21-8-13-5-14(9-21)7-15(6-13)10-21/h12-16H,3-11H2,1-2H3,(H,22,25)/t12-,13?,14?,15?,16-,20+,21?/m1/s1. The number of ether oxygens (including phenoxy) is 1. The molecule has 6 rings (SSSR count). The molecule has 6 aliphatic rings. The molecular weight excluding hydrogens is 376 g/mol. The van der Waals surface area contributed by atoms with Gasteiger partial charge in [-0.3, -0.25) is 9.59 Å². The van der Waals surface area contributed by atoms with Crippen LogP contribution in [-0.2, 0) is 19.1 Å². The van der Waals surface area contributed by atoms with Gasteiger partial charge in [-0.05, 0) is 76.5 Å². The monoisotopic (exact) mass is 406 g/mol. The van der Waals surface area contributed by atoms with Gasteiger partial charge in [-0.1, -0.05) is 0 Å². The summed E-state index contributed by atoms with van der Waals surface area (Å²) in [7, 11) is 0. The van der Waals surface area contributed by atoms with E-state index >= 15 is 0 Å². The van der Waals surface area contributed by atoms with Crippen molar-refractivity contribution >= 4 is 29.5 Å². The van der Waals surface area contributed by atoms with Crippen LogP contribution in [0.3, 0.4) is 0 Å². The van der Waals surface area contributed by atoms with Crippen LogP contribution < -0.4 is 5.32 Å². The first-order valence-electron chi connectivity index (χ1n) is 10.8. The molecule has 6 nitrogen and oxygen atoms in total. The first-order chi connectivity index (χ1) is 13.3. The number of nitrogens with zero attached hydrogens (tertiary/aromatic N) is 1. The molecule has 4 bridgehead atoms. The molecule has 3 atom stereocenters. The topological polar surface area (TPSA) is 75.7 Å². The van der Waals surface area contributed by atoms with Crippen LogP contribution in [0.1, 0.15) is 65.2 Å². The number of carbonyl (C=O) groups excluding carboxylic acids is 3. The van der Waals surface area contributed by atoms with Crippen molar-refractivity contribution in [3.8, 4) is 0 Å². The van der Waals surface area contributed by atoms with Crippen molar-refractivity contribution in [3.63, 3.8) is 0 Å². The molecule has 2 heterocycles. The summed E-state index contributed by atoms with van der Waals surface area (Å²) in [6, 6.07) is -0.570. The van der Waals surface area contributed by atoms with Gasteiger partial charge in [-0.25, -0.2) is 4.79 Å². The highest BCUT2D eigenvalue weighted by atomic mass is 32.2. The Labute approximate surface area is 170 Å². The highest BCUT2D eigenvalue weighted by Crippen LogP contribution is 2.55. The van der Waals surface area contributed by atoms with Crippen molar-refractivity contribution < 1.29 is 19.1 Å². The first-order valence-corrected chi connectivity index (χ1v) is 11.7. The van der Waals surface area contributed by atoms with E-state index in [1.54, 1.807) is 23.6 Å². The number of thioether (sulfide) groups is 1. The summed E-state index contributed by atoms with van der Waals surface area (Å²) >= 11 is 1.64. The third kappa shape index (κ3) is 2.96. The van der Waals surface area contributed by atoms with E-state index < -0.39 is 18.1 Å². The number of hydrogen-bond donors (Lipinski definition) is 1. The summed E-state index contributed by atoms with van der Waals surface area (Å²) < 4.78 is 5.55. The van der Waals surface area contributed by atoms with Crippen molar-refractivity contribution in [2.24, 2.45) is 17.8 Å². The van der Waals surface area contributed by atoms with E-state index in [1.165, 1.54) is 19.3 Å². The zero-order valence-electron chi connectivity index (χ0n) is 16.7. The molecule has 1 N–H and O–H groups in total. The van der Waals surface area contributed by atoms with Crippen LogP contribution in [0.25, 0.3) is 0 Å². The number of nitrogens with one attached hydrogen (secondary N) is 1. The molecule has 4 saturated carbocycles. The fraction of sp³-hybridized carbons (Fsp3) is 0.857. The number of rotatable bonds is 4. The number of carbonyl (C=O) groups is 3. The normalized spacial score (nSPS) is 44.5. The highest BCUT2D eigenvalue weighted by molar-refractivity contribution is 8.01. The molecule has 4 aliphatic carbocycles. The van der Waals surface area contributed by atoms with E-state index in [-0.39, 0.29) is 22.2 Å². The number of hydrogen-bond acceptors (Lipinski definition) is 5. The summed E-state index contributed by atoms with van der Waals surface area (Å²) in [4.78, 5) is 39.2. The highest BCUT2D eigenvalue weighted by Gasteiger charge is 2.54. The van der Waals surface area contributed by atoms with Crippen LogP contribution >= 0.6 is 11.8 Å². The smallest absolute Gasteiger partial charge is 0.330 e. The quantitative estimate of drug-likeness (QED) is 0.726. The van der Waals surface area contributed by atoms with Crippen LogP contribution in [0.15, 0.2) is 0 Å². The fourth-order valence-electron chi connectivity index (χ4n) is 6.93. The lowest BCUT2D eigenvalue weighted by atomic mass is 9.53. The predicted octanol–water partition coefficient (Wildman–Crippen LogP) is 2.46. The summed E-state index contributed by atoms with van der Waals surface area (Å²) in [5.74, 6) is 2.18. The molecule has 0 radical (unpaired) electrons. The zero-order valence-corrected chi connectivity index (χ0v) is 17.6. The number of amides is 2. The maximum atomic E-state index is 12.9. The van der Waals surface area contributed by atoms with Crippen molar-refractivity contribution in [2.45, 2.75) is 87.8 Å². The van der Waals surface area contributed by atoms with Gasteiger partial charge in [0.25, 0.3) is 5.91 Å². The Kier molecular flexibility index (Phi) is 4.27. The molecular formula is C21H30N2O4S. The summed E-state index contributed by atoms with van der Waals surface area (Å²) in [6.45, 7) is 3.67. The van der Waals surface area contributed by atoms with Crippen LogP contribution in [0.2, 0.25) is 0 Å². The van der Waals surface area contributed by atoms with E-state index in [0.717, 1.165) is 43.4 Å². The van der Waals surface area contributed by atoms with Crippen LogP contribution in [0, 0.1) is 17.8 Å². The number of fused-ring (bicyclic) bond motifs is 1. The lowest BCUT2D eigenvalue weighted by Gasteiger charge is -2.57. The average Bonchev–Trinajstić information content (AvgIpc) is 3.09. The summed E-state index contributed by atoms with van der Waals surface area (Å²) in [6.07, 6.45) is 7.61. The Balaban J connectivity index is 1.21. The largest absolute Gasteiger partial charge is 0.451 e. The Morgan fingerprint density at radius 2 is 1.79 bits per heavy atom. The fourth-order valence-corrected chi connectivity index (χ4v) is 8.34. The minimum atomic E-state index is -0.824. The van der Waals surface area contributed by atoms with E-state index in [9.17, 15) is 14.4 Å². The van der Waals surface area contributed by atoms with Crippen LogP contribution in [0.5, 0.6) is 0 Å². The van der Waals surface area contributed by atoms with E-state index in [2.05, 4.69) is 5.32 Å². The summed E-state index contributed by atoms with van der Waals surface area (Å²) in [5.41, 5.74) is -0.0841. The summed E-state index contributed by atoms with van der Waals surface area (Å²) in [5, 5.41) is 3.28. The van der Waals surface area contributed by atoms with Crippen LogP contribution in [-0.4, -0.2) is 51.0 Å². The second-order valence-corrected chi connectivity index (χ2v) is 11.5. The molecule has 2 saturated heterocycles. The van der Waals surface area contributed by atoms with Crippen molar-refractivity contribution in [2.75, 3.05) is 5.75 Å². The van der Waals surface area contributed by atoms with Gasteiger partial charge in [0.05, 0.1) is 4.87 Å². The maximum absolute atomic E-state index is 12.9.